The maximum atomic E-state index is 11.9. The van der Waals surface area contributed by atoms with Crippen molar-refractivity contribution in [3.63, 3.8) is 0 Å². The van der Waals surface area contributed by atoms with Crippen LogP contribution in [0.3, 0.4) is 0 Å². The molecule has 0 aliphatic carbocycles. The van der Waals surface area contributed by atoms with Gasteiger partial charge in [0.15, 0.2) is 0 Å². The molecule has 0 spiro atoms. The predicted octanol–water partition coefficient (Wildman–Crippen LogP) is 2.18. The van der Waals surface area contributed by atoms with Crippen LogP contribution in [0.1, 0.15) is 24.2 Å². The van der Waals surface area contributed by atoms with Gasteiger partial charge in [0.25, 0.3) is 0 Å². The number of aryl methyl sites for hydroxylation is 1. The van der Waals surface area contributed by atoms with Gasteiger partial charge >= 0.3 is 0 Å². The molecule has 1 aromatic rings. The standard InChI is InChI=1S/C14H20N2OS/c1-10-5-4-6-12(7-10)14-15-8-13(17)16(14)9-11(2)18-3/h4-7,11,14-15H,8-9H2,1-3H3. The van der Waals surface area contributed by atoms with Crippen molar-refractivity contribution in [1.82, 2.24) is 10.2 Å². The van der Waals surface area contributed by atoms with Gasteiger partial charge in [0.1, 0.15) is 6.17 Å². The summed E-state index contributed by atoms with van der Waals surface area (Å²) in [6.07, 6.45) is 2.12. The number of thioether (sulfide) groups is 1. The van der Waals surface area contributed by atoms with E-state index >= 15 is 0 Å². The number of benzene rings is 1. The van der Waals surface area contributed by atoms with E-state index in [0.717, 1.165) is 6.54 Å². The second-order valence-corrected chi connectivity index (χ2v) is 6.07. The Morgan fingerprint density at radius 2 is 2.33 bits per heavy atom. The van der Waals surface area contributed by atoms with Crippen molar-refractivity contribution in [1.29, 1.82) is 0 Å². The third kappa shape index (κ3) is 2.87. The van der Waals surface area contributed by atoms with Crippen LogP contribution < -0.4 is 5.32 Å². The van der Waals surface area contributed by atoms with E-state index in [1.165, 1.54) is 11.1 Å². The van der Waals surface area contributed by atoms with Gasteiger partial charge < -0.3 is 4.90 Å². The van der Waals surface area contributed by atoms with Gasteiger partial charge in [-0.05, 0) is 18.7 Å². The molecule has 98 valence electrons. The van der Waals surface area contributed by atoms with Gasteiger partial charge in [-0.3, -0.25) is 10.1 Å². The zero-order chi connectivity index (χ0) is 13.1. The smallest absolute Gasteiger partial charge is 0.238 e. The molecule has 1 aliphatic rings. The minimum Gasteiger partial charge on any atom is -0.321 e. The van der Waals surface area contributed by atoms with Crippen LogP contribution >= 0.6 is 11.8 Å². The molecular formula is C14H20N2OS. The molecule has 1 heterocycles. The van der Waals surface area contributed by atoms with E-state index in [1.54, 1.807) is 11.8 Å². The van der Waals surface area contributed by atoms with E-state index in [4.69, 9.17) is 0 Å². The van der Waals surface area contributed by atoms with Crippen LogP contribution in [0.5, 0.6) is 0 Å². The molecule has 4 heteroatoms. The molecule has 0 saturated carbocycles. The highest BCUT2D eigenvalue weighted by atomic mass is 32.2. The maximum Gasteiger partial charge on any atom is 0.238 e. The molecule has 1 saturated heterocycles. The lowest BCUT2D eigenvalue weighted by atomic mass is 10.1. The second kappa shape index (κ2) is 5.76. The van der Waals surface area contributed by atoms with E-state index in [9.17, 15) is 4.79 Å². The van der Waals surface area contributed by atoms with Crippen LogP contribution in [0.4, 0.5) is 0 Å². The fraction of sp³-hybridized carbons (Fsp3) is 0.500. The molecule has 1 amide bonds. The summed E-state index contributed by atoms with van der Waals surface area (Å²) in [5.74, 6) is 0.197. The Kier molecular flexibility index (Phi) is 4.30. The van der Waals surface area contributed by atoms with Crippen LogP contribution in [0.2, 0.25) is 0 Å². The molecule has 1 N–H and O–H groups in total. The molecule has 1 aromatic carbocycles. The van der Waals surface area contributed by atoms with E-state index < -0.39 is 0 Å². The van der Waals surface area contributed by atoms with Crippen molar-refractivity contribution in [2.24, 2.45) is 0 Å². The molecule has 2 atom stereocenters. The van der Waals surface area contributed by atoms with Crippen LogP contribution in [0.25, 0.3) is 0 Å². The average molecular weight is 264 g/mol. The minimum absolute atomic E-state index is 0.0343. The predicted molar refractivity (Wildman–Crippen MR) is 76.6 cm³/mol. The number of carbonyl (C=O) groups is 1. The van der Waals surface area contributed by atoms with Crippen molar-refractivity contribution >= 4 is 17.7 Å². The molecule has 18 heavy (non-hydrogen) atoms. The Morgan fingerprint density at radius 3 is 3.00 bits per heavy atom. The molecule has 1 aliphatic heterocycles. The largest absolute Gasteiger partial charge is 0.321 e. The van der Waals surface area contributed by atoms with Gasteiger partial charge in [0.05, 0.1) is 6.54 Å². The lowest BCUT2D eigenvalue weighted by Gasteiger charge is -2.27. The van der Waals surface area contributed by atoms with Gasteiger partial charge in [-0.25, -0.2) is 0 Å². The highest BCUT2D eigenvalue weighted by molar-refractivity contribution is 7.99. The highest BCUT2D eigenvalue weighted by Gasteiger charge is 2.32. The number of hydrogen-bond donors (Lipinski definition) is 1. The van der Waals surface area contributed by atoms with Crippen LogP contribution in [-0.4, -0.2) is 35.4 Å². The molecule has 0 bridgehead atoms. The number of nitrogens with one attached hydrogen (secondary N) is 1. The summed E-state index contributed by atoms with van der Waals surface area (Å²) in [6, 6.07) is 8.35. The minimum atomic E-state index is 0.0343. The first kappa shape index (κ1) is 13.4. The van der Waals surface area contributed by atoms with Crippen molar-refractivity contribution in [2.45, 2.75) is 25.3 Å². The first-order valence-corrected chi connectivity index (χ1v) is 7.53. The Hall–Kier alpha value is -1.00. The fourth-order valence-electron chi connectivity index (χ4n) is 2.24. The van der Waals surface area contributed by atoms with E-state index in [2.05, 4.69) is 43.6 Å². The summed E-state index contributed by atoms with van der Waals surface area (Å²) in [7, 11) is 0. The SMILES string of the molecule is CSC(C)CN1C(=O)CNC1c1cccc(C)c1. The Labute approximate surface area is 113 Å². The van der Waals surface area contributed by atoms with E-state index in [-0.39, 0.29) is 12.1 Å². The number of hydrogen-bond acceptors (Lipinski definition) is 3. The van der Waals surface area contributed by atoms with Crippen molar-refractivity contribution in [2.75, 3.05) is 19.3 Å². The summed E-state index contributed by atoms with van der Waals surface area (Å²) < 4.78 is 0. The van der Waals surface area contributed by atoms with E-state index in [0.29, 0.717) is 11.8 Å². The molecule has 3 nitrogen and oxygen atoms in total. The fourth-order valence-corrected chi connectivity index (χ4v) is 2.55. The number of amides is 1. The molecule has 2 unspecified atom stereocenters. The van der Waals surface area contributed by atoms with E-state index in [1.807, 2.05) is 11.0 Å². The summed E-state index contributed by atoms with van der Waals surface area (Å²) in [5, 5.41) is 3.76. The van der Waals surface area contributed by atoms with Gasteiger partial charge in [-0.15, -0.1) is 0 Å². The zero-order valence-corrected chi connectivity index (χ0v) is 12.0. The monoisotopic (exact) mass is 264 g/mol. The van der Waals surface area contributed by atoms with Crippen molar-refractivity contribution < 1.29 is 4.79 Å². The van der Waals surface area contributed by atoms with Gasteiger partial charge in [0.2, 0.25) is 5.91 Å². The average Bonchev–Trinajstić information content (AvgIpc) is 2.71. The van der Waals surface area contributed by atoms with Crippen LogP contribution in [-0.2, 0) is 4.79 Å². The topological polar surface area (TPSA) is 32.3 Å². The third-order valence-corrected chi connectivity index (χ3v) is 4.25. The quantitative estimate of drug-likeness (QED) is 0.904. The number of nitrogens with zero attached hydrogens (tertiary/aromatic N) is 1. The highest BCUT2D eigenvalue weighted by Crippen LogP contribution is 2.24. The zero-order valence-electron chi connectivity index (χ0n) is 11.1. The summed E-state index contributed by atoms with van der Waals surface area (Å²) in [5.41, 5.74) is 2.40. The summed E-state index contributed by atoms with van der Waals surface area (Å²) in [4.78, 5) is 13.9. The van der Waals surface area contributed by atoms with Crippen molar-refractivity contribution in [3.8, 4) is 0 Å². The maximum absolute atomic E-state index is 11.9. The Morgan fingerprint density at radius 1 is 1.56 bits per heavy atom. The first-order chi connectivity index (χ1) is 8.61. The van der Waals surface area contributed by atoms with Gasteiger partial charge in [-0.2, -0.15) is 11.8 Å². The Balaban J connectivity index is 2.18. The third-order valence-electron chi connectivity index (χ3n) is 3.29. The lowest BCUT2D eigenvalue weighted by molar-refractivity contribution is -0.128. The van der Waals surface area contributed by atoms with Crippen molar-refractivity contribution in [3.05, 3.63) is 35.4 Å². The summed E-state index contributed by atoms with van der Waals surface area (Å²) >= 11 is 1.79. The van der Waals surface area contributed by atoms with Gasteiger partial charge in [-0.1, -0.05) is 36.8 Å². The van der Waals surface area contributed by atoms with Crippen LogP contribution in [0.15, 0.2) is 24.3 Å². The lowest BCUT2D eigenvalue weighted by Crippen LogP contribution is -2.35. The molecule has 2 rings (SSSR count). The first-order valence-electron chi connectivity index (χ1n) is 6.24. The second-order valence-electron chi connectivity index (χ2n) is 4.79. The number of carbonyl (C=O) groups excluding carboxylic acids is 1. The Bertz CT molecular complexity index is 436. The van der Waals surface area contributed by atoms with Crippen LogP contribution in [0, 0.1) is 6.92 Å². The molecule has 0 aromatic heterocycles. The summed E-state index contributed by atoms with van der Waals surface area (Å²) in [6.45, 7) is 5.48. The normalized spacial score (nSPS) is 21.4. The molecular weight excluding hydrogens is 244 g/mol. The molecule has 1 fully saturated rings. The van der Waals surface area contributed by atoms with Gasteiger partial charge in [0, 0.05) is 11.8 Å². The number of rotatable bonds is 4. The molecule has 0 radical (unpaired) electrons.